The van der Waals surface area contributed by atoms with Gasteiger partial charge in [0.2, 0.25) is 11.8 Å². The van der Waals surface area contributed by atoms with E-state index in [1.807, 2.05) is 19.9 Å². The normalized spacial score (nSPS) is 10.4. The van der Waals surface area contributed by atoms with Gasteiger partial charge < -0.3 is 15.8 Å². The second-order valence-corrected chi connectivity index (χ2v) is 4.20. The fourth-order valence-electron chi connectivity index (χ4n) is 1.33. The van der Waals surface area contributed by atoms with Crippen LogP contribution in [0.1, 0.15) is 29.8 Å². The first-order chi connectivity index (χ1) is 8.49. The van der Waals surface area contributed by atoms with Gasteiger partial charge in [0.25, 0.3) is 0 Å². The lowest BCUT2D eigenvalue weighted by Crippen LogP contribution is -2.28. The second kappa shape index (κ2) is 6.76. The van der Waals surface area contributed by atoms with Gasteiger partial charge in [0, 0.05) is 12.1 Å². The van der Waals surface area contributed by atoms with Crippen molar-refractivity contribution in [3.05, 3.63) is 35.4 Å². The minimum Gasteiger partial charge on any atom is -0.369 e. The van der Waals surface area contributed by atoms with Crippen molar-refractivity contribution in [2.24, 2.45) is 5.73 Å². The summed E-state index contributed by atoms with van der Waals surface area (Å²) in [6.45, 7) is 4.11. The summed E-state index contributed by atoms with van der Waals surface area (Å²) in [4.78, 5) is 22.4. The molecule has 1 aromatic rings. The highest BCUT2D eigenvalue weighted by molar-refractivity contribution is 5.92. The predicted molar refractivity (Wildman–Crippen MR) is 67.9 cm³/mol. The van der Waals surface area contributed by atoms with Crippen molar-refractivity contribution in [2.75, 3.05) is 6.61 Å². The number of hydrogen-bond acceptors (Lipinski definition) is 3. The molecule has 1 rings (SSSR count). The van der Waals surface area contributed by atoms with Gasteiger partial charge in [-0.1, -0.05) is 12.1 Å². The lowest BCUT2D eigenvalue weighted by atomic mass is 10.1. The fraction of sp³-hybridized carbons (Fsp3) is 0.385. The predicted octanol–water partition coefficient (Wildman–Crippen LogP) is 0.827. The second-order valence-electron chi connectivity index (χ2n) is 4.20. The Balaban J connectivity index is 2.46. The molecule has 18 heavy (non-hydrogen) atoms. The molecule has 0 fully saturated rings. The molecular formula is C13H18N2O3. The number of rotatable bonds is 6. The molecule has 5 heteroatoms. The number of amides is 2. The molecule has 0 atom stereocenters. The van der Waals surface area contributed by atoms with Crippen LogP contribution < -0.4 is 11.1 Å². The van der Waals surface area contributed by atoms with Gasteiger partial charge >= 0.3 is 0 Å². The number of hydrogen-bond donors (Lipinski definition) is 2. The molecule has 2 amide bonds. The highest BCUT2D eigenvalue weighted by Crippen LogP contribution is 2.04. The van der Waals surface area contributed by atoms with Crippen LogP contribution in [0.5, 0.6) is 0 Å². The maximum absolute atomic E-state index is 11.4. The van der Waals surface area contributed by atoms with E-state index in [1.54, 1.807) is 18.2 Å². The molecule has 0 bridgehead atoms. The zero-order chi connectivity index (χ0) is 13.5. The van der Waals surface area contributed by atoms with Crippen molar-refractivity contribution in [1.29, 1.82) is 0 Å². The largest absolute Gasteiger partial charge is 0.369 e. The van der Waals surface area contributed by atoms with Crippen LogP contribution in [0, 0.1) is 0 Å². The molecule has 5 nitrogen and oxygen atoms in total. The Morgan fingerprint density at radius 3 is 2.72 bits per heavy atom. The standard InChI is InChI=1S/C13H18N2O3/c1-9(2)18-8-12(16)15-7-10-4-3-5-11(6-10)13(14)17/h3-6,9H,7-8H2,1-2H3,(H2,14,17)(H,15,16). The van der Waals surface area contributed by atoms with Crippen LogP contribution in [-0.4, -0.2) is 24.5 Å². The van der Waals surface area contributed by atoms with Crippen LogP contribution in [0.4, 0.5) is 0 Å². The summed E-state index contributed by atoms with van der Waals surface area (Å²) in [5.74, 6) is -0.667. The van der Waals surface area contributed by atoms with E-state index in [9.17, 15) is 9.59 Å². The molecule has 0 radical (unpaired) electrons. The Labute approximate surface area is 106 Å². The number of benzene rings is 1. The quantitative estimate of drug-likeness (QED) is 0.784. The van der Waals surface area contributed by atoms with E-state index in [-0.39, 0.29) is 18.6 Å². The van der Waals surface area contributed by atoms with Gasteiger partial charge in [0.15, 0.2) is 0 Å². The Hall–Kier alpha value is -1.88. The molecule has 0 aliphatic heterocycles. The van der Waals surface area contributed by atoms with E-state index in [4.69, 9.17) is 10.5 Å². The molecule has 3 N–H and O–H groups in total. The molecule has 0 saturated heterocycles. The lowest BCUT2D eigenvalue weighted by molar-refractivity contribution is -0.127. The zero-order valence-electron chi connectivity index (χ0n) is 10.6. The Morgan fingerprint density at radius 1 is 1.39 bits per heavy atom. The topological polar surface area (TPSA) is 81.4 Å². The van der Waals surface area contributed by atoms with Gasteiger partial charge in [-0.3, -0.25) is 9.59 Å². The summed E-state index contributed by atoms with van der Waals surface area (Å²) in [5, 5.41) is 2.70. The molecule has 0 aliphatic carbocycles. The molecular weight excluding hydrogens is 232 g/mol. The molecule has 0 heterocycles. The first-order valence-corrected chi connectivity index (χ1v) is 5.76. The van der Waals surface area contributed by atoms with E-state index in [0.717, 1.165) is 5.56 Å². The molecule has 0 saturated carbocycles. The molecule has 98 valence electrons. The summed E-state index contributed by atoms with van der Waals surface area (Å²) in [5.41, 5.74) is 6.43. The van der Waals surface area contributed by atoms with Crippen LogP contribution in [0.3, 0.4) is 0 Å². The van der Waals surface area contributed by atoms with Crippen molar-refractivity contribution in [3.8, 4) is 0 Å². The third-order valence-corrected chi connectivity index (χ3v) is 2.25. The summed E-state index contributed by atoms with van der Waals surface area (Å²) < 4.78 is 5.17. The average molecular weight is 250 g/mol. The molecule has 0 aromatic heterocycles. The van der Waals surface area contributed by atoms with Gasteiger partial charge in [-0.25, -0.2) is 0 Å². The van der Waals surface area contributed by atoms with Crippen molar-refractivity contribution in [1.82, 2.24) is 5.32 Å². The first-order valence-electron chi connectivity index (χ1n) is 5.76. The monoisotopic (exact) mass is 250 g/mol. The van der Waals surface area contributed by atoms with Gasteiger partial charge in [-0.15, -0.1) is 0 Å². The minimum absolute atomic E-state index is 0.0222. The number of carbonyl (C=O) groups excluding carboxylic acids is 2. The van der Waals surface area contributed by atoms with Crippen molar-refractivity contribution < 1.29 is 14.3 Å². The van der Waals surface area contributed by atoms with E-state index in [0.29, 0.717) is 12.1 Å². The van der Waals surface area contributed by atoms with E-state index in [2.05, 4.69) is 5.32 Å². The summed E-state index contributed by atoms with van der Waals surface area (Å²) in [7, 11) is 0. The van der Waals surface area contributed by atoms with Crippen molar-refractivity contribution in [3.63, 3.8) is 0 Å². The highest BCUT2D eigenvalue weighted by atomic mass is 16.5. The Kier molecular flexibility index (Phi) is 5.32. The van der Waals surface area contributed by atoms with E-state index in [1.165, 1.54) is 0 Å². The summed E-state index contributed by atoms with van der Waals surface area (Å²) in [6, 6.07) is 6.84. The summed E-state index contributed by atoms with van der Waals surface area (Å²) >= 11 is 0. The zero-order valence-corrected chi connectivity index (χ0v) is 10.6. The molecule has 0 unspecified atom stereocenters. The lowest BCUT2D eigenvalue weighted by Gasteiger charge is -2.08. The van der Waals surface area contributed by atoms with Gasteiger partial charge in [0.05, 0.1) is 6.10 Å². The Morgan fingerprint density at radius 2 is 2.11 bits per heavy atom. The maximum atomic E-state index is 11.4. The van der Waals surface area contributed by atoms with Crippen LogP contribution >= 0.6 is 0 Å². The molecule has 1 aromatic carbocycles. The number of carbonyl (C=O) groups is 2. The van der Waals surface area contributed by atoms with Crippen LogP contribution in [0.25, 0.3) is 0 Å². The van der Waals surface area contributed by atoms with E-state index < -0.39 is 5.91 Å². The molecule has 0 aliphatic rings. The SMILES string of the molecule is CC(C)OCC(=O)NCc1cccc(C(N)=O)c1. The van der Waals surface area contributed by atoms with Crippen LogP contribution in [-0.2, 0) is 16.1 Å². The Bertz CT molecular complexity index is 430. The van der Waals surface area contributed by atoms with Gasteiger partial charge in [0.1, 0.15) is 6.61 Å². The average Bonchev–Trinajstić information content (AvgIpc) is 2.34. The number of primary amides is 1. The smallest absolute Gasteiger partial charge is 0.248 e. The van der Waals surface area contributed by atoms with Gasteiger partial charge in [-0.05, 0) is 31.5 Å². The van der Waals surface area contributed by atoms with E-state index >= 15 is 0 Å². The highest BCUT2D eigenvalue weighted by Gasteiger charge is 2.05. The summed E-state index contributed by atoms with van der Waals surface area (Å²) in [6.07, 6.45) is 0.0222. The first kappa shape index (κ1) is 14.2. The third-order valence-electron chi connectivity index (χ3n) is 2.25. The number of nitrogens with one attached hydrogen (secondary N) is 1. The van der Waals surface area contributed by atoms with Crippen molar-refractivity contribution >= 4 is 11.8 Å². The number of nitrogens with two attached hydrogens (primary N) is 1. The third kappa shape index (κ3) is 4.97. The molecule has 0 spiro atoms. The van der Waals surface area contributed by atoms with Crippen molar-refractivity contribution in [2.45, 2.75) is 26.5 Å². The maximum Gasteiger partial charge on any atom is 0.248 e. The fourth-order valence-corrected chi connectivity index (χ4v) is 1.33. The van der Waals surface area contributed by atoms with Crippen LogP contribution in [0.2, 0.25) is 0 Å². The van der Waals surface area contributed by atoms with Crippen LogP contribution in [0.15, 0.2) is 24.3 Å². The minimum atomic E-state index is -0.480. The van der Waals surface area contributed by atoms with Gasteiger partial charge in [-0.2, -0.15) is 0 Å². The number of ether oxygens (including phenoxy) is 1.